The number of primary amides is 1. The Labute approximate surface area is 235 Å². The number of carbonyl (C=O) groups excluding carboxylic acids is 4. The zero-order valence-electron chi connectivity index (χ0n) is 24.1. The lowest BCUT2D eigenvalue weighted by atomic mass is 9.93. The average molecular weight is 553 g/mol. The Morgan fingerprint density at radius 3 is 2.15 bits per heavy atom. The Bertz CT molecular complexity index is 1200. The number of nitrogens with one attached hydrogen (secondary N) is 2. The summed E-state index contributed by atoms with van der Waals surface area (Å²) in [5.41, 5.74) is 7.27. The molecule has 0 aliphatic carbocycles. The first-order chi connectivity index (χ1) is 18.8. The van der Waals surface area contributed by atoms with E-state index in [4.69, 9.17) is 15.2 Å². The summed E-state index contributed by atoms with van der Waals surface area (Å²) in [5.74, 6) is -1.07. The van der Waals surface area contributed by atoms with Crippen LogP contribution in [0.3, 0.4) is 0 Å². The van der Waals surface area contributed by atoms with E-state index < -0.39 is 41.5 Å². The molecule has 0 fully saturated rings. The Hall–Kier alpha value is -4.34. The van der Waals surface area contributed by atoms with Crippen molar-refractivity contribution in [3.05, 3.63) is 71.8 Å². The van der Waals surface area contributed by atoms with E-state index in [-0.39, 0.29) is 19.4 Å². The summed E-state index contributed by atoms with van der Waals surface area (Å²) in [7, 11) is 1.54. The van der Waals surface area contributed by atoms with Crippen molar-refractivity contribution in [2.45, 2.75) is 65.1 Å². The maximum absolute atomic E-state index is 14.1. The Balaban J connectivity index is 2.57. The van der Waals surface area contributed by atoms with E-state index in [1.165, 1.54) is 11.0 Å². The average Bonchev–Trinajstić information content (AvgIpc) is 2.86. The van der Waals surface area contributed by atoms with E-state index in [0.717, 1.165) is 11.1 Å². The lowest BCUT2D eigenvalue weighted by Gasteiger charge is -2.35. The number of aryl methyl sites for hydroxylation is 2. The van der Waals surface area contributed by atoms with Gasteiger partial charge in [-0.25, -0.2) is 4.79 Å². The fraction of sp³-hybridized carbons (Fsp3) is 0.400. The van der Waals surface area contributed by atoms with Gasteiger partial charge in [-0.3, -0.25) is 14.4 Å². The second-order valence-corrected chi connectivity index (χ2v) is 10.4. The molecule has 0 radical (unpaired) electrons. The van der Waals surface area contributed by atoms with Crippen molar-refractivity contribution in [1.82, 2.24) is 10.2 Å². The van der Waals surface area contributed by atoms with Gasteiger partial charge in [0.1, 0.15) is 23.4 Å². The number of hydrogen-bond acceptors (Lipinski definition) is 6. The van der Waals surface area contributed by atoms with Gasteiger partial charge in [0, 0.05) is 18.7 Å². The number of amides is 4. The fourth-order valence-corrected chi connectivity index (χ4v) is 4.23. The molecule has 4 amide bonds. The number of carbonyl (C=O) groups is 4. The first-order valence-electron chi connectivity index (χ1n) is 13.0. The smallest absolute Gasteiger partial charge is 0.408 e. The fourth-order valence-electron chi connectivity index (χ4n) is 4.23. The van der Waals surface area contributed by atoms with E-state index >= 15 is 0 Å². The number of ether oxygens (including phenoxy) is 2. The van der Waals surface area contributed by atoms with Crippen LogP contribution in [0.1, 0.15) is 56.3 Å². The standard InChI is InChI=1S/C30H40N4O6/c1-8-18-34(28(37)23(16-17-24(31)35)33-29(38)40-30(4,5)6)26(25-19(2)10-9-11-20(25)3)27(36)32-21-12-14-22(39-7)15-13-21/h8-15,23,26H,1,16-18H2,2-7H3,(H2,31,35)(H,32,36)(H,33,38). The topological polar surface area (TPSA) is 140 Å². The third-order valence-corrected chi connectivity index (χ3v) is 6.01. The zero-order chi connectivity index (χ0) is 30.0. The molecule has 10 heteroatoms. The van der Waals surface area contributed by atoms with Crippen LogP contribution >= 0.6 is 0 Å². The minimum Gasteiger partial charge on any atom is -0.497 e. The normalized spacial score (nSPS) is 12.4. The van der Waals surface area contributed by atoms with Crippen molar-refractivity contribution in [1.29, 1.82) is 0 Å². The minimum atomic E-state index is -1.19. The van der Waals surface area contributed by atoms with Crippen LogP contribution in [-0.4, -0.2) is 54.0 Å². The molecular formula is C30H40N4O6. The molecule has 0 aliphatic rings. The molecule has 40 heavy (non-hydrogen) atoms. The van der Waals surface area contributed by atoms with Crippen molar-refractivity contribution >= 4 is 29.5 Å². The molecule has 0 heterocycles. The number of hydrogen-bond donors (Lipinski definition) is 3. The summed E-state index contributed by atoms with van der Waals surface area (Å²) < 4.78 is 10.5. The van der Waals surface area contributed by atoms with E-state index in [0.29, 0.717) is 17.0 Å². The monoisotopic (exact) mass is 552 g/mol. The Kier molecular flexibility index (Phi) is 11.3. The highest BCUT2D eigenvalue weighted by Gasteiger charge is 2.37. The van der Waals surface area contributed by atoms with Gasteiger partial charge in [0.2, 0.25) is 11.8 Å². The van der Waals surface area contributed by atoms with Crippen LogP contribution < -0.4 is 21.1 Å². The number of nitrogens with two attached hydrogens (primary N) is 1. The molecular weight excluding hydrogens is 512 g/mol. The van der Waals surface area contributed by atoms with E-state index in [9.17, 15) is 19.2 Å². The predicted molar refractivity (Wildman–Crippen MR) is 154 cm³/mol. The van der Waals surface area contributed by atoms with Crippen LogP contribution in [0.5, 0.6) is 5.75 Å². The van der Waals surface area contributed by atoms with Crippen LogP contribution in [0.4, 0.5) is 10.5 Å². The number of anilines is 1. The molecule has 0 saturated heterocycles. The van der Waals surface area contributed by atoms with Crippen molar-refractivity contribution < 1.29 is 28.7 Å². The summed E-state index contributed by atoms with van der Waals surface area (Å²) in [6.45, 7) is 12.6. The Morgan fingerprint density at radius 2 is 1.65 bits per heavy atom. The molecule has 2 aromatic carbocycles. The molecule has 0 saturated carbocycles. The molecule has 2 atom stereocenters. The van der Waals surface area contributed by atoms with Crippen LogP contribution in [-0.2, 0) is 19.1 Å². The summed E-state index contributed by atoms with van der Waals surface area (Å²) in [6.07, 6.45) is 0.415. The molecule has 0 aromatic heterocycles. The lowest BCUT2D eigenvalue weighted by molar-refractivity contribution is -0.140. The van der Waals surface area contributed by atoms with Gasteiger partial charge in [-0.15, -0.1) is 6.58 Å². The predicted octanol–water partition coefficient (Wildman–Crippen LogP) is 4.17. The van der Waals surface area contributed by atoms with Crippen molar-refractivity contribution in [3.63, 3.8) is 0 Å². The summed E-state index contributed by atoms with van der Waals surface area (Å²) >= 11 is 0. The molecule has 0 aliphatic heterocycles. The molecule has 2 aromatic rings. The summed E-state index contributed by atoms with van der Waals surface area (Å²) in [4.78, 5) is 53.6. The van der Waals surface area contributed by atoms with Gasteiger partial charge in [0.15, 0.2) is 0 Å². The SMILES string of the molecule is C=CCN(C(=O)C(CCC(N)=O)NC(=O)OC(C)(C)C)C(C(=O)Nc1ccc(OC)cc1)c1c(C)cccc1C. The first-order valence-corrected chi connectivity index (χ1v) is 13.0. The van der Waals surface area contributed by atoms with Gasteiger partial charge in [-0.1, -0.05) is 24.3 Å². The van der Waals surface area contributed by atoms with Gasteiger partial charge >= 0.3 is 6.09 Å². The largest absolute Gasteiger partial charge is 0.497 e. The quantitative estimate of drug-likeness (QED) is 0.338. The number of nitrogens with zero attached hydrogens (tertiary/aromatic N) is 1. The first kappa shape index (κ1) is 31.9. The van der Waals surface area contributed by atoms with Crippen molar-refractivity contribution in [2.75, 3.05) is 19.0 Å². The third-order valence-electron chi connectivity index (χ3n) is 6.01. The van der Waals surface area contributed by atoms with Crippen LogP contribution in [0, 0.1) is 13.8 Å². The minimum absolute atomic E-state index is 0.0175. The molecule has 2 unspecified atom stereocenters. The summed E-state index contributed by atoms with van der Waals surface area (Å²) in [6, 6.07) is 10.1. The molecule has 10 nitrogen and oxygen atoms in total. The maximum Gasteiger partial charge on any atom is 0.408 e. The van der Waals surface area contributed by atoms with E-state index in [1.807, 2.05) is 32.0 Å². The second kappa shape index (κ2) is 14.2. The summed E-state index contributed by atoms with van der Waals surface area (Å²) in [5, 5.41) is 5.46. The highest BCUT2D eigenvalue weighted by atomic mass is 16.6. The molecule has 0 spiro atoms. The maximum atomic E-state index is 14.1. The lowest BCUT2D eigenvalue weighted by Crippen LogP contribution is -2.52. The highest BCUT2D eigenvalue weighted by Crippen LogP contribution is 2.30. The van der Waals surface area contributed by atoms with Gasteiger partial charge in [0.05, 0.1) is 7.11 Å². The molecule has 2 rings (SSSR count). The number of rotatable bonds is 12. The van der Waals surface area contributed by atoms with Gasteiger partial charge in [-0.05, 0) is 82.0 Å². The van der Waals surface area contributed by atoms with Gasteiger partial charge in [0.25, 0.3) is 5.91 Å². The second-order valence-electron chi connectivity index (χ2n) is 10.4. The third kappa shape index (κ3) is 9.14. The van der Waals surface area contributed by atoms with Crippen molar-refractivity contribution in [2.24, 2.45) is 5.73 Å². The zero-order valence-corrected chi connectivity index (χ0v) is 24.1. The number of methoxy groups -OCH3 is 1. The molecule has 4 N–H and O–H groups in total. The van der Waals surface area contributed by atoms with E-state index in [2.05, 4.69) is 17.2 Å². The number of alkyl carbamates (subject to hydrolysis) is 1. The number of benzene rings is 2. The van der Waals surface area contributed by atoms with Crippen LogP contribution in [0.15, 0.2) is 55.1 Å². The van der Waals surface area contributed by atoms with E-state index in [1.54, 1.807) is 52.1 Å². The molecule has 216 valence electrons. The highest BCUT2D eigenvalue weighted by molar-refractivity contribution is 5.99. The van der Waals surface area contributed by atoms with Gasteiger partial charge in [-0.2, -0.15) is 0 Å². The van der Waals surface area contributed by atoms with Gasteiger partial charge < -0.3 is 30.7 Å². The van der Waals surface area contributed by atoms with Crippen LogP contribution in [0.2, 0.25) is 0 Å². The van der Waals surface area contributed by atoms with Crippen LogP contribution in [0.25, 0.3) is 0 Å². The van der Waals surface area contributed by atoms with Crippen molar-refractivity contribution in [3.8, 4) is 5.75 Å². The Morgan fingerprint density at radius 1 is 1.05 bits per heavy atom. The molecule has 0 bridgehead atoms.